The highest BCUT2D eigenvalue weighted by Crippen LogP contribution is 2.38. The van der Waals surface area contributed by atoms with E-state index in [0.29, 0.717) is 0 Å². The van der Waals surface area contributed by atoms with Gasteiger partial charge in [0, 0.05) is 23.8 Å². The van der Waals surface area contributed by atoms with Crippen molar-refractivity contribution in [3.8, 4) is 0 Å². The number of rotatable bonds is 1. The second-order valence-corrected chi connectivity index (χ2v) is 5.69. The van der Waals surface area contributed by atoms with E-state index in [0.717, 1.165) is 17.6 Å². The molecule has 2 aliphatic rings. The Bertz CT molecular complexity index is 392. The Kier molecular flexibility index (Phi) is 3.04. The van der Waals surface area contributed by atoms with E-state index in [1.165, 1.54) is 0 Å². The van der Waals surface area contributed by atoms with Gasteiger partial charge in [0.05, 0.1) is 11.2 Å². The summed E-state index contributed by atoms with van der Waals surface area (Å²) in [6, 6.07) is 0. The van der Waals surface area contributed by atoms with Crippen LogP contribution in [0.5, 0.6) is 0 Å². The van der Waals surface area contributed by atoms with Crippen LogP contribution in [0.2, 0.25) is 0 Å². The smallest absolute Gasteiger partial charge is 0.399 e. The summed E-state index contributed by atoms with van der Waals surface area (Å²) in [6.07, 6.45) is 6.88. The van der Waals surface area contributed by atoms with Crippen molar-refractivity contribution in [3.63, 3.8) is 0 Å². The summed E-state index contributed by atoms with van der Waals surface area (Å²) in [5, 5.41) is 0. The number of hydrogen-bond acceptors (Lipinski definition) is 3. The fraction of sp³-hybridized carbons (Fsp3) is 0.615. The molecule has 0 aromatic carbocycles. The number of allylic oxidation sites excluding steroid dienone is 3. The molecule has 0 aliphatic carbocycles. The van der Waals surface area contributed by atoms with Crippen molar-refractivity contribution < 1.29 is 9.31 Å². The van der Waals surface area contributed by atoms with E-state index in [-0.39, 0.29) is 18.3 Å². The van der Waals surface area contributed by atoms with Crippen molar-refractivity contribution in [1.82, 2.24) is 0 Å². The lowest BCUT2D eigenvalue weighted by atomic mass is 9.78. The Morgan fingerprint density at radius 2 is 1.76 bits per heavy atom. The van der Waals surface area contributed by atoms with E-state index in [9.17, 15) is 0 Å². The zero-order valence-electron chi connectivity index (χ0n) is 11.3. The minimum atomic E-state index is -0.314. The van der Waals surface area contributed by atoms with E-state index in [2.05, 4.69) is 38.8 Å². The van der Waals surface area contributed by atoms with Crippen LogP contribution >= 0.6 is 0 Å². The van der Waals surface area contributed by atoms with Gasteiger partial charge in [-0.2, -0.15) is 0 Å². The van der Waals surface area contributed by atoms with Crippen LogP contribution in [-0.2, 0) is 9.31 Å². The molecule has 92 valence electrons. The summed E-state index contributed by atoms with van der Waals surface area (Å²) in [7, 11) is -0.314. The molecule has 2 aliphatic heterocycles. The topological polar surface area (TPSA) is 30.8 Å². The average Bonchev–Trinajstić information content (AvgIpc) is 2.39. The lowest BCUT2D eigenvalue weighted by Crippen LogP contribution is -2.41. The van der Waals surface area contributed by atoms with Crippen molar-refractivity contribution >= 4 is 12.8 Å². The van der Waals surface area contributed by atoms with E-state index < -0.39 is 0 Å². The van der Waals surface area contributed by atoms with Crippen molar-refractivity contribution in [3.05, 3.63) is 23.8 Å². The lowest BCUT2D eigenvalue weighted by Gasteiger charge is -2.32. The largest absolute Gasteiger partial charge is 0.496 e. The van der Waals surface area contributed by atoms with Crippen LogP contribution in [0, 0.1) is 0 Å². The molecule has 0 aromatic rings. The highest BCUT2D eigenvalue weighted by atomic mass is 16.7. The van der Waals surface area contributed by atoms with Gasteiger partial charge in [-0.1, -0.05) is 12.2 Å². The minimum Gasteiger partial charge on any atom is -0.399 e. The standard InChI is InChI=1S/C13H20BNO2/c1-10-7-6-8-11(9-15-10)14-16-12(2,3)13(4,5)17-14/h6,8-9H,7H2,1-5H3. The molecule has 0 bridgehead atoms. The van der Waals surface area contributed by atoms with Crippen LogP contribution < -0.4 is 0 Å². The monoisotopic (exact) mass is 233 g/mol. The third kappa shape index (κ3) is 2.38. The molecule has 17 heavy (non-hydrogen) atoms. The molecule has 3 nitrogen and oxygen atoms in total. The second kappa shape index (κ2) is 4.11. The second-order valence-electron chi connectivity index (χ2n) is 5.69. The molecule has 0 atom stereocenters. The minimum absolute atomic E-state index is 0.294. The SMILES string of the molecule is CC1=NC=C(B2OC(C)(C)C(C)(C)O2)C=CC1. The van der Waals surface area contributed by atoms with E-state index in [4.69, 9.17) is 9.31 Å². The highest BCUT2D eigenvalue weighted by molar-refractivity contribution is 6.55. The Morgan fingerprint density at radius 1 is 1.18 bits per heavy atom. The third-order valence-electron chi connectivity index (χ3n) is 3.68. The zero-order chi connectivity index (χ0) is 12.7. The number of aliphatic imine (C=N–C) groups is 1. The Labute approximate surface area is 104 Å². The maximum absolute atomic E-state index is 5.98. The quantitative estimate of drug-likeness (QED) is 0.652. The van der Waals surface area contributed by atoms with E-state index >= 15 is 0 Å². The van der Waals surface area contributed by atoms with Gasteiger partial charge in [0.1, 0.15) is 0 Å². The summed E-state index contributed by atoms with van der Waals surface area (Å²) in [4.78, 5) is 4.38. The maximum Gasteiger partial charge on any atom is 0.496 e. The molecule has 0 radical (unpaired) electrons. The highest BCUT2D eigenvalue weighted by Gasteiger charge is 2.52. The van der Waals surface area contributed by atoms with Gasteiger partial charge in [-0.25, -0.2) is 0 Å². The number of nitrogens with zero attached hydrogens (tertiary/aromatic N) is 1. The van der Waals surface area contributed by atoms with Gasteiger partial charge in [-0.05, 0) is 34.6 Å². The summed E-state index contributed by atoms with van der Waals surface area (Å²) >= 11 is 0. The summed E-state index contributed by atoms with van der Waals surface area (Å²) in [5.74, 6) is 0. The van der Waals surface area contributed by atoms with Gasteiger partial charge in [0.2, 0.25) is 0 Å². The fourth-order valence-electron chi connectivity index (χ4n) is 1.76. The lowest BCUT2D eigenvalue weighted by molar-refractivity contribution is 0.00578. The molecule has 4 heteroatoms. The fourth-order valence-corrected chi connectivity index (χ4v) is 1.76. The first kappa shape index (κ1) is 12.6. The Hall–Kier alpha value is -0.865. The van der Waals surface area contributed by atoms with Crippen molar-refractivity contribution in [2.24, 2.45) is 4.99 Å². The van der Waals surface area contributed by atoms with Crippen LogP contribution in [0.1, 0.15) is 41.0 Å². The average molecular weight is 233 g/mol. The molecule has 0 unspecified atom stereocenters. The molecule has 0 saturated carbocycles. The first-order valence-electron chi connectivity index (χ1n) is 6.07. The molecule has 0 spiro atoms. The molecule has 0 aromatic heterocycles. The van der Waals surface area contributed by atoms with Crippen LogP contribution in [0.15, 0.2) is 28.8 Å². The molecule has 1 saturated heterocycles. The normalized spacial score (nSPS) is 26.5. The predicted octanol–water partition coefficient (Wildman–Crippen LogP) is 2.92. The van der Waals surface area contributed by atoms with Crippen LogP contribution in [0.3, 0.4) is 0 Å². The van der Waals surface area contributed by atoms with Crippen molar-refractivity contribution in [1.29, 1.82) is 0 Å². The van der Waals surface area contributed by atoms with E-state index in [1.54, 1.807) is 0 Å². The van der Waals surface area contributed by atoms with Gasteiger partial charge in [-0.15, -0.1) is 0 Å². The predicted molar refractivity (Wildman–Crippen MR) is 71.0 cm³/mol. The summed E-state index contributed by atoms with van der Waals surface area (Å²) in [6.45, 7) is 10.3. The Balaban J connectivity index is 2.22. The molecular weight excluding hydrogens is 213 g/mol. The van der Waals surface area contributed by atoms with Crippen molar-refractivity contribution in [2.45, 2.75) is 52.2 Å². The molecule has 2 heterocycles. The molecule has 0 amide bonds. The van der Waals surface area contributed by atoms with Crippen LogP contribution in [0.4, 0.5) is 0 Å². The molecule has 0 N–H and O–H groups in total. The Morgan fingerprint density at radius 3 is 2.35 bits per heavy atom. The van der Waals surface area contributed by atoms with Gasteiger partial charge >= 0.3 is 7.12 Å². The molecular formula is C13H20BNO2. The molecule has 1 fully saturated rings. The van der Waals surface area contributed by atoms with Gasteiger partial charge in [0.15, 0.2) is 0 Å². The number of hydrogen-bond donors (Lipinski definition) is 0. The molecule has 2 rings (SSSR count). The van der Waals surface area contributed by atoms with Crippen molar-refractivity contribution in [2.75, 3.05) is 0 Å². The third-order valence-corrected chi connectivity index (χ3v) is 3.68. The van der Waals surface area contributed by atoms with Crippen LogP contribution in [-0.4, -0.2) is 24.0 Å². The zero-order valence-corrected chi connectivity index (χ0v) is 11.3. The summed E-state index contributed by atoms with van der Waals surface area (Å²) in [5.41, 5.74) is 1.50. The first-order valence-corrected chi connectivity index (χ1v) is 6.07. The van der Waals surface area contributed by atoms with Gasteiger partial charge < -0.3 is 9.31 Å². The maximum atomic E-state index is 5.98. The van der Waals surface area contributed by atoms with Gasteiger partial charge in [0.25, 0.3) is 0 Å². The van der Waals surface area contributed by atoms with Gasteiger partial charge in [-0.3, -0.25) is 4.99 Å². The van der Waals surface area contributed by atoms with E-state index in [1.807, 2.05) is 19.2 Å². The summed E-state index contributed by atoms with van der Waals surface area (Å²) < 4.78 is 12.0. The van der Waals surface area contributed by atoms with Crippen LogP contribution in [0.25, 0.3) is 0 Å². The first-order chi connectivity index (χ1) is 7.82.